The van der Waals surface area contributed by atoms with Crippen molar-refractivity contribution in [2.45, 2.75) is 13.1 Å². The number of carbonyl (C=O) groups is 2. The molecular weight excluding hydrogens is 434 g/mol. The van der Waals surface area contributed by atoms with E-state index in [1.165, 1.54) is 21.3 Å². The molecule has 0 bridgehead atoms. The third-order valence-electron chi connectivity index (χ3n) is 5.47. The molecule has 0 atom stereocenters. The molecule has 0 aliphatic carbocycles. The smallest absolute Gasteiger partial charge is 0.251 e. The van der Waals surface area contributed by atoms with Crippen LogP contribution in [0.15, 0.2) is 66.7 Å². The second-order valence-corrected chi connectivity index (χ2v) is 7.49. The lowest BCUT2D eigenvalue weighted by atomic mass is 10.1. The van der Waals surface area contributed by atoms with E-state index < -0.39 is 0 Å². The minimum absolute atomic E-state index is 0.0408. The Morgan fingerprint density at radius 1 is 0.853 bits per heavy atom. The van der Waals surface area contributed by atoms with Crippen molar-refractivity contribution in [3.05, 3.63) is 83.7 Å². The summed E-state index contributed by atoms with van der Waals surface area (Å²) in [7, 11) is 4.48. The molecule has 0 saturated carbocycles. The van der Waals surface area contributed by atoms with Gasteiger partial charge < -0.3 is 24.1 Å². The van der Waals surface area contributed by atoms with E-state index >= 15 is 0 Å². The van der Waals surface area contributed by atoms with E-state index in [0.717, 1.165) is 11.0 Å². The molecule has 1 aromatic heterocycles. The van der Waals surface area contributed by atoms with Gasteiger partial charge in [0, 0.05) is 11.1 Å². The maximum absolute atomic E-state index is 13.0. The molecule has 0 saturated heterocycles. The summed E-state index contributed by atoms with van der Waals surface area (Å²) < 4.78 is 17.8. The van der Waals surface area contributed by atoms with Crippen molar-refractivity contribution in [2.24, 2.45) is 0 Å². The van der Waals surface area contributed by atoms with Crippen LogP contribution in [0.5, 0.6) is 17.2 Å². The topological polar surface area (TPSA) is 91.7 Å². The average molecular weight is 460 g/mol. The number of amides is 1. The van der Waals surface area contributed by atoms with E-state index in [4.69, 9.17) is 14.2 Å². The van der Waals surface area contributed by atoms with Gasteiger partial charge >= 0.3 is 0 Å². The van der Waals surface area contributed by atoms with Crippen LogP contribution in [0.2, 0.25) is 0 Å². The highest BCUT2D eigenvalue weighted by atomic mass is 16.5. The highest BCUT2D eigenvalue weighted by Crippen LogP contribution is 2.38. The van der Waals surface area contributed by atoms with Crippen molar-refractivity contribution >= 4 is 22.7 Å². The third-order valence-corrected chi connectivity index (χ3v) is 5.47. The van der Waals surface area contributed by atoms with Crippen LogP contribution >= 0.6 is 0 Å². The highest BCUT2D eigenvalue weighted by molar-refractivity contribution is 5.97. The number of ether oxygens (including phenoxy) is 3. The Hall–Kier alpha value is -4.33. The van der Waals surface area contributed by atoms with E-state index in [0.29, 0.717) is 34.2 Å². The lowest BCUT2D eigenvalue weighted by Gasteiger charge is -2.14. The van der Waals surface area contributed by atoms with E-state index in [1.54, 1.807) is 24.3 Å². The van der Waals surface area contributed by atoms with Crippen LogP contribution in [-0.4, -0.2) is 42.6 Å². The Kier molecular flexibility index (Phi) is 6.77. The number of aromatic nitrogens is 2. The van der Waals surface area contributed by atoms with Gasteiger partial charge in [0.05, 0.1) is 45.5 Å². The fraction of sp³-hybridized carbons (Fsp3) is 0.192. The van der Waals surface area contributed by atoms with Crippen LogP contribution < -0.4 is 19.5 Å². The molecule has 8 heteroatoms. The molecule has 1 amide bonds. The number of nitrogens with one attached hydrogen (secondary N) is 1. The molecule has 0 unspecified atom stereocenters. The number of fused-ring (bicyclic) bond motifs is 1. The molecule has 1 heterocycles. The first-order chi connectivity index (χ1) is 16.5. The summed E-state index contributed by atoms with van der Waals surface area (Å²) in [5.74, 6) is 1.36. The Labute approximate surface area is 197 Å². The number of nitrogens with zero attached hydrogens (tertiary/aromatic N) is 2. The van der Waals surface area contributed by atoms with Crippen LogP contribution in [0.1, 0.15) is 26.5 Å². The third kappa shape index (κ3) is 4.56. The Balaban J connectivity index is 1.60. The first-order valence-electron chi connectivity index (χ1n) is 10.7. The van der Waals surface area contributed by atoms with Gasteiger partial charge in [-0.25, -0.2) is 4.98 Å². The Morgan fingerprint density at radius 2 is 1.50 bits per heavy atom. The number of methoxy groups -OCH3 is 3. The summed E-state index contributed by atoms with van der Waals surface area (Å²) in [6.45, 7) is 0.242. The fourth-order valence-electron chi connectivity index (χ4n) is 3.77. The maximum atomic E-state index is 13.0. The minimum atomic E-state index is -0.341. The summed E-state index contributed by atoms with van der Waals surface area (Å²) in [6.07, 6.45) is 0. The van der Waals surface area contributed by atoms with Crippen LogP contribution in [0, 0.1) is 0 Å². The van der Waals surface area contributed by atoms with Crippen molar-refractivity contribution in [1.29, 1.82) is 0 Å². The molecule has 174 valence electrons. The van der Waals surface area contributed by atoms with Gasteiger partial charge in [-0.05, 0) is 24.3 Å². The lowest BCUT2D eigenvalue weighted by molar-refractivity contribution is 0.0948. The predicted octanol–water partition coefficient (Wildman–Crippen LogP) is 3.88. The zero-order valence-corrected chi connectivity index (χ0v) is 19.2. The molecule has 34 heavy (non-hydrogen) atoms. The van der Waals surface area contributed by atoms with Crippen LogP contribution in [-0.2, 0) is 13.1 Å². The normalized spacial score (nSPS) is 10.7. The largest absolute Gasteiger partial charge is 0.493 e. The van der Waals surface area contributed by atoms with E-state index in [9.17, 15) is 9.59 Å². The number of benzene rings is 3. The average Bonchev–Trinajstić information content (AvgIpc) is 3.23. The molecule has 8 nitrogen and oxygen atoms in total. The monoisotopic (exact) mass is 459 g/mol. The molecule has 0 fully saturated rings. The zero-order chi connectivity index (χ0) is 24.1. The van der Waals surface area contributed by atoms with Gasteiger partial charge in [0.15, 0.2) is 17.3 Å². The maximum Gasteiger partial charge on any atom is 0.251 e. The minimum Gasteiger partial charge on any atom is -0.493 e. The molecule has 0 aliphatic heterocycles. The Bertz CT molecular complexity index is 1310. The number of carbonyl (C=O) groups excluding carboxylic acids is 2. The lowest BCUT2D eigenvalue weighted by Crippen LogP contribution is -2.25. The van der Waals surface area contributed by atoms with Gasteiger partial charge in [-0.1, -0.05) is 42.5 Å². The van der Waals surface area contributed by atoms with E-state index in [1.807, 2.05) is 47.0 Å². The van der Waals surface area contributed by atoms with Crippen LogP contribution in [0.3, 0.4) is 0 Å². The van der Waals surface area contributed by atoms with Crippen molar-refractivity contribution in [3.63, 3.8) is 0 Å². The van der Waals surface area contributed by atoms with Crippen molar-refractivity contribution < 1.29 is 23.8 Å². The van der Waals surface area contributed by atoms with Gasteiger partial charge in [0.2, 0.25) is 5.75 Å². The van der Waals surface area contributed by atoms with Gasteiger partial charge in [0.1, 0.15) is 5.82 Å². The molecule has 4 aromatic rings. The summed E-state index contributed by atoms with van der Waals surface area (Å²) >= 11 is 0. The van der Waals surface area contributed by atoms with Gasteiger partial charge in [-0.2, -0.15) is 0 Å². The van der Waals surface area contributed by atoms with Crippen molar-refractivity contribution in [3.8, 4) is 17.2 Å². The number of hydrogen-bond donors (Lipinski definition) is 1. The Morgan fingerprint density at radius 3 is 2.15 bits per heavy atom. The first kappa shape index (κ1) is 22.8. The summed E-state index contributed by atoms with van der Waals surface area (Å²) in [4.78, 5) is 30.5. The quantitative estimate of drug-likeness (QED) is 0.382. The van der Waals surface area contributed by atoms with E-state index in [-0.39, 0.29) is 24.8 Å². The number of rotatable bonds is 9. The number of imidazole rings is 1. The van der Waals surface area contributed by atoms with Crippen LogP contribution in [0.4, 0.5) is 0 Å². The van der Waals surface area contributed by atoms with Crippen molar-refractivity contribution in [2.75, 3.05) is 21.3 Å². The molecule has 0 radical (unpaired) electrons. The molecule has 3 aromatic carbocycles. The standard InChI is InChI=1S/C26H25N3O5/c1-32-22-13-18(14-23(33-2)25(22)34-3)26(31)27-15-24-28-19-11-7-8-12-20(19)29(24)16-21(30)17-9-5-4-6-10-17/h4-14H,15-16H2,1-3H3,(H,27,31). The van der Waals surface area contributed by atoms with E-state index in [2.05, 4.69) is 10.3 Å². The van der Waals surface area contributed by atoms with Gasteiger partial charge in [0.25, 0.3) is 5.91 Å². The second kappa shape index (κ2) is 10.1. The molecular formula is C26H25N3O5. The van der Waals surface area contributed by atoms with Gasteiger partial charge in [-0.15, -0.1) is 0 Å². The number of para-hydroxylation sites is 2. The molecule has 0 aliphatic rings. The number of hydrogen-bond acceptors (Lipinski definition) is 6. The zero-order valence-electron chi connectivity index (χ0n) is 19.2. The predicted molar refractivity (Wildman–Crippen MR) is 128 cm³/mol. The summed E-state index contributed by atoms with van der Waals surface area (Å²) in [5.41, 5.74) is 2.54. The highest BCUT2D eigenvalue weighted by Gasteiger charge is 2.19. The van der Waals surface area contributed by atoms with Crippen LogP contribution in [0.25, 0.3) is 11.0 Å². The van der Waals surface area contributed by atoms with Crippen molar-refractivity contribution in [1.82, 2.24) is 14.9 Å². The SMILES string of the molecule is COc1cc(C(=O)NCc2nc3ccccc3n2CC(=O)c2ccccc2)cc(OC)c1OC. The fourth-order valence-corrected chi connectivity index (χ4v) is 3.77. The molecule has 4 rings (SSSR count). The van der Waals surface area contributed by atoms with Gasteiger partial charge in [-0.3, -0.25) is 9.59 Å². The summed E-state index contributed by atoms with van der Waals surface area (Å²) in [5, 5.41) is 2.88. The second-order valence-electron chi connectivity index (χ2n) is 7.49. The number of Topliss-reactive ketones (excluding diaryl/α,β-unsaturated/α-hetero) is 1. The number of ketones is 1. The molecule has 0 spiro atoms. The summed E-state index contributed by atoms with van der Waals surface area (Å²) in [6, 6.07) is 19.8. The molecule has 1 N–H and O–H groups in total. The first-order valence-corrected chi connectivity index (χ1v) is 10.7.